The summed E-state index contributed by atoms with van der Waals surface area (Å²) in [5, 5.41) is 3.17. The second-order valence-electron chi connectivity index (χ2n) is 5.30. The van der Waals surface area contributed by atoms with Gasteiger partial charge in [0, 0.05) is 24.3 Å². The van der Waals surface area contributed by atoms with Crippen molar-refractivity contribution < 1.29 is 4.39 Å². The van der Waals surface area contributed by atoms with Gasteiger partial charge in [-0.2, -0.15) is 0 Å². The molecule has 1 N–H and O–H groups in total. The molecule has 21 heavy (non-hydrogen) atoms. The molecular formula is C17H18FN3. The van der Waals surface area contributed by atoms with Gasteiger partial charge >= 0.3 is 0 Å². The molecule has 1 heterocycles. The standard InChI is InChI=1S/C17H18FN3/c1-11(2)21-15-10-6-8-13(18)16(15)20-17(21)12-7-4-5-9-14(12)19-3/h4-11,19H,1-3H3. The molecule has 2 aromatic carbocycles. The van der Waals surface area contributed by atoms with E-state index in [9.17, 15) is 4.39 Å². The lowest BCUT2D eigenvalue weighted by molar-refractivity contribution is 0.623. The number of benzene rings is 2. The van der Waals surface area contributed by atoms with Crippen molar-refractivity contribution in [1.29, 1.82) is 0 Å². The van der Waals surface area contributed by atoms with Gasteiger partial charge in [-0.3, -0.25) is 0 Å². The lowest BCUT2D eigenvalue weighted by Gasteiger charge is -2.15. The highest BCUT2D eigenvalue weighted by Crippen LogP contribution is 2.33. The van der Waals surface area contributed by atoms with Crippen molar-refractivity contribution in [3.05, 3.63) is 48.3 Å². The number of anilines is 1. The van der Waals surface area contributed by atoms with E-state index in [0.29, 0.717) is 5.52 Å². The molecule has 0 amide bonds. The fourth-order valence-corrected chi connectivity index (χ4v) is 2.69. The molecular weight excluding hydrogens is 265 g/mol. The minimum atomic E-state index is -0.282. The van der Waals surface area contributed by atoms with Crippen LogP contribution in [0, 0.1) is 5.82 Å². The molecule has 4 heteroatoms. The van der Waals surface area contributed by atoms with Gasteiger partial charge in [0.15, 0.2) is 5.82 Å². The zero-order valence-electron chi connectivity index (χ0n) is 12.4. The minimum absolute atomic E-state index is 0.191. The quantitative estimate of drug-likeness (QED) is 0.769. The molecule has 0 saturated carbocycles. The predicted octanol–water partition coefficient (Wildman–Crippen LogP) is 4.47. The van der Waals surface area contributed by atoms with Gasteiger partial charge in [0.2, 0.25) is 0 Å². The van der Waals surface area contributed by atoms with E-state index in [1.165, 1.54) is 6.07 Å². The number of nitrogens with one attached hydrogen (secondary N) is 1. The number of rotatable bonds is 3. The van der Waals surface area contributed by atoms with Gasteiger partial charge in [-0.1, -0.05) is 18.2 Å². The molecule has 0 bridgehead atoms. The van der Waals surface area contributed by atoms with Crippen LogP contribution in [-0.4, -0.2) is 16.6 Å². The van der Waals surface area contributed by atoms with Crippen molar-refractivity contribution in [2.45, 2.75) is 19.9 Å². The second kappa shape index (κ2) is 5.20. The Kier molecular flexibility index (Phi) is 3.37. The summed E-state index contributed by atoms with van der Waals surface area (Å²) in [6.45, 7) is 4.16. The topological polar surface area (TPSA) is 29.9 Å². The Morgan fingerprint density at radius 1 is 1.10 bits per heavy atom. The number of nitrogens with zero attached hydrogens (tertiary/aromatic N) is 2. The van der Waals surface area contributed by atoms with E-state index in [1.54, 1.807) is 6.07 Å². The summed E-state index contributed by atoms with van der Waals surface area (Å²) in [5.41, 5.74) is 3.21. The van der Waals surface area contributed by atoms with Crippen molar-refractivity contribution in [2.24, 2.45) is 0 Å². The number of fused-ring (bicyclic) bond motifs is 1. The Bertz CT molecular complexity index is 790. The molecule has 0 fully saturated rings. The summed E-state index contributed by atoms with van der Waals surface area (Å²) in [6.07, 6.45) is 0. The first-order valence-corrected chi connectivity index (χ1v) is 7.07. The van der Waals surface area contributed by atoms with Crippen molar-refractivity contribution in [1.82, 2.24) is 9.55 Å². The highest BCUT2D eigenvalue weighted by molar-refractivity contribution is 5.84. The number of hydrogen-bond acceptors (Lipinski definition) is 2. The lowest BCUT2D eigenvalue weighted by atomic mass is 10.1. The summed E-state index contributed by atoms with van der Waals surface area (Å²) in [7, 11) is 1.88. The molecule has 108 valence electrons. The molecule has 0 unspecified atom stereocenters. The van der Waals surface area contributed by atoms with Crippen LogP contribution < -0.4 is 5.32 Å². The summed E-state index contributed by atoms with van der Waals surface area (Å²) in [6, 6.07) is 13.2. The van der Waals surface area contributed by atoms with Crippen molar-refractivity contribution in [3.63, 3.8) is 0 Å². The second-order valence-corrected chi connectivity index (χ2v) is 5.30. The number of aromatic nitrogens is 2. The fraction of sp³-hybridized carbons (Fsp3) is 0.235. The first-order chi connectivity index (χ1) is 10.1. The molecule has 3 aromatic rings. The largest absolute Gasteiger partial charge is 0.388 e. The number of halogens is 1. The van der Waals surface area contributed by atoms with Crippen LogP contribution in [0.3, 0.4) is 0 Å². The molecule has 3 rings (SSSR count). The maximum atomic E-state index is 14.0. The summed E-state index contributed by atoms with van der Waals surface area (Å²) in [5.74, 6) is 0.505. The molecule has 1 aromatic heterocycles. The van der Waals surface area contributed by atoms with E-state index in [1.807, 2.05) is 37.4 Å². The fourth-order valence-electron chi connectivity index (χ4n) is 2.69. The van der Waals surface area contributed by atoms with Crippen LogP contribution in [0.25, 0.3) is 22.4 Å². The van der Waals surface area contributed by atoms with E-state index in [0.717, 1.165) is 22.6 Å². The number of para-hydroxylation sites is 2. The molecule has 0 aliphatic heterocycles. The average Bonchev–Trinajstić information content (AvgIpc) is 2.88. The smallest absolute Gasteiger partial charge is 0.151 e. The molecule has 0 atom stereocenters. The van der Waals surface area contributed by atoms with Crippen molar-refractivity contribution in [3.8, 4) is 11.4 Å². The van der Waals surface area contributed by atoms with Crippen LogP contribution in [-0.2, 0) is 0 Å². The molecule has 0 aliphatic rings. The van der Waals surface area contributed by atoms with Gasteiger partial charge in [0.1, 0.15) is 11.3 Å². The van der Waals surface area contributed by atoms with Crippen LogP contribution in [0.15, 0.2) is 42.5 Å². The molecule has 3 nitrogen and oxygen atoms in total. The van der Waals surface area contributed by atoms with Gasteiger partial charge < -0.3 is 9.88 Å². The van der Waals surface area contributed by atoms with Crippen molar-refractivity contribution in [2.75, 3.05) is 12.4 Å². The third-order valence-corrected chi connectivity index (χ3v) is 3.62. The Hall–Kier alpha value is -2.36. The van der Waals surface area contributed by atoms with E-state index in [2.05, 4.69) is 28.7 Å². The Morgan fingerprint density at radius 2 is 1.86 bits per heavy atom. The van der Waals surface area contributed by atoms with Gasteiger partial charge in [0.05, 0.1) is 5.52 Å². The first-order valence-electron chi connectivity index (χ1n) is 7.07. The maximum absolute atomic E-state index is 14.0. The van der Waals surface area contributed by atoms with Crippen LogP contribution in [0.4, 0.5) is 10.1 Å². The zero-order valence-corrected chi connectivity index (χ0v) is 12.4. The highest BCUT2D eigenvalue weighted by Gasteiger charge is 2.18. The summed E-state index contributed by atoms with van der Waals surface area (Å²) in [4.78, 5) is 4.56. The van der Waals surface area contributed by atoms with Crippen LogP contribution >= 0.6 is 0 Å². The van der Waals surface area contributed by atoms with Gasteiger partial charge in [-0.15, -0.1) is 0 Å². The monoisotopic (exact) mass is 283 g/mol. The first kappa shape index (κ1) is 13.6. The Morgan fingerprint density at radius 3 is 2.57 bits per heavy atom. The number of hydrogen-bond donors (Lipinski definition) is 1. The molecule has 0 radical (unpaired) electrons. The SMILES string of the molecule is CNc1ccccc1-c1nc2c(F)cccc2n1C(C)C. The lowest BCUT2D eigenvalue weighted by Crippen LogP contribution is -2.04. The number of imidazole rings is 1. The zero-order chi connectivity index (χ0) is 15.0. The summed E-state index contributed by atoms with van der Waals surface area (Å²) >= 11 is 0. The van der Waals surface area contributed by atoms with E-state index >= 15 is 0 Å². The molecule has 0 aliphatic carbocycles. The maximum Gasteiger partial charge on any atom is 0.151 e. The molecule has 0 saturated heterocycles. The van der Waals surface area contributed by atoms with E-state index in [4.69, 9.17) is 0 Å². The van der Waals surface area contributed by atoms with Crippen molar-refractivity contribution >= 4 is 16.7 Å². The van der Waals surface area contributed by atoms with Crippen LogP contribution in [0.5, 0.6) is 0 Å². The van der Waals surface area contributed by atoms with Gasteiger partial charge in [-0.05, 0) is 38.1 Å². The van der Waals surface area contributed by atoms with Gasteiger partial charge in [-0.25, -0.2) is 9.37 Å². The predicted molar refractivity (Wildman–Crippen MR) is 85.1 cm³/mol. The van der Waals surface area contributed by atoms with Crippen LogP contribution in [0.1, 0.15) is 19.9 Å². The van der Waals surface area contributed by atoms with Gasteiger partial charge in [0.25, 0.3) is 0 Å². The summed E-state index contributed by atoms with van der Waals surface area (Å²) < 4.78 is 16.1. The third-order valence-electron chi connectivity index (χ3n) is 3.62. The molecule has 0 spiro atoms. The average molecular weight is 283 g/mol. The highest BCUT2D eigenvalue weighted by atomic mass is 19.1. The Labute approximate surface area is 123 Å². The van der Waals surface area contributed by atoms with E-state index in [-0.39, 0.29) is 11.9 Å². The third kappa shape index (κ3) is 2.17. The van der Waals surface area contributed by atoms with Crippen LogP contribution in [0.2, 0.25) is 0 Å². The normalized spacial score (nSPS) is 11.3. The van der Waals surface area contributed by atoms with E-state index < -0.39 is 0 Å². The Balaban J connectivity index is 2.37. The minimum Gasteiger partial charge on any atom is -0.388 e.